The van der Waals surface area contributed by atoms with E-state index in [0.717, 1.165) is 0 Å². The molecule has 1 saturated heterocycles. The third-order valence-corrected chi connectivity index (χ3v) is 9.89. The SMILES string of the molecule is CCOP(=S)(OCC)[C@@H]1[C@H](C)[C@@H]1C[C@H]1O[C@@H](n2ccc(=O)[nH]c2=O)C(OC)C1O. The van der Waals surface area contributed by atoms with Crippen molar-refractivity contribution in [1.29, 1.82) is 0 Å². The van der Waals surface area contributed by atoms with Crippen LogP contribution in [0.25, 0.3) is 0 Å². The molecule has 2 unspecified atom stereocenters. The van der Waals surface area contributed by atoms with Crippen molar-refractivity contribution in [2.24, 2.45) is 11.8 Å². The van der Waals surface area contributed by atoms with Crippen LogP contribution >= 0.6 is 6.49 Å². The number of nitrogens with one attached hydrogen (secondary N) is 1. The molecular formula is C18H29N2O7PS. The van der Waals surface area contributed by atoms with Crippen LogP contribution < -0.4 is 11.2 Å². The van der Waals surface area contributed by atoms with Gasteiger partial charge < -0.3 is 23.6 Å². The van der Waals surface area contributed by atoms with Crippen LogP contribution in [0.3, 0.4) is 0 Å². The first-order valence-corrected chi connectivity index (χ1v) is 12.5. The lowest BCUT2D eigenvalue weighted by atomic mass is 10.0. The Morgan fingerprint density at radius 1 is 1.31 bits per heavy atom. The molecular weight excluding hydrogens is 419 g/mol. The summed E-state index contributed by atoms with van der Waals surface area (Å²) in [6.07, 6.45) is -1.13. The zero-order valence-electron chi connectivity index (χ0n) is 17.0. The van der Waals surface area contributed by atoms with Crippen LogP contribution in [0.2, 0.25) is 0 Å². The molecule has 1 aliphatic carbocycles. The summed E-state index contributed by atoms with van der Waals surface area (Å²) < 4.78 is 24.4. The number of aromatic nitrogens is 2. The van der Waals surface area contributed by atoms with Crippen molar-refractivity contribution in [2.75, 3.05) is 20.3 Å². The highest BCUT2D eigenvalue weighted by atomic mass is 32.5. The lowest BCUT2D eigenvalue weighted by Crippen LogP contribution is -2.38. The predicted octanol–water partition coefficient (Wildman–Crippen LogP) is 1.22. The van der Waals surface area contributed by atoms with E-state index in [9.17, 15) is 14.7 Å². The van der Waals surface area contributed by atoms with Crippen molar-refractivity contribution < 1.29 is 23.6 Å². The molecule has 11 heteroatoms. The Morgan fingerprint density at radius 3 is 2.52 bits per heavy atom. The van der Waals surface area contributed by atoms with Gasteiger partial charge in [0.2, 0.25) is 0 Å². The number of hydrogen-bond acceptors (Lipinski definition) is 8. The Balaban J connectivity index is 1.76. The molecule has 1 aromatic rings. The summed E-state index contributed by atoms with van der Waals surface area (Å²) in [5.41, 5.74) is -0.995. The lowest BCUT2D eigenvalue weighted by Gasteiger charge is -2.22. The number of H-pyrrole nitrogens is 1. The van der Waals surface area contributed by atoms with E-state index in [2.05, 4.69) is 11.9 Å². The Labute approximate surface area is 174 Å². The monoisotopic (exact) mass is 448 g/mol. The fourth-order valence-corrected chi connectivity index (χ4v) is 8.63. The van der Waals surface area contributed by atoms with Crippen LogP contribution in [-0.2, 0) is 30.3 Å². The van der Waals surface area contributed by atoms with Crippen LogP contribution in [-0.4, -0.2) is 59.0 Å². The fourth-order valence-electron chi connectivity index (χ4n) is 4.26. The third-order valence-electron chi connectivity index (χ3n) is 5.71. The standard InChI is InChI=1S/C18H29N2O7PS/c1-5-25-28(29,26-6-2)16-10(3)11(16)9-12-14(22)15(24-4)17(27-12)20-8-7-13(21)19-18(20)23/h7-8,10-12,14-17,22H,5-6,9H2,1-4H3,(H,19,21,23)/t10-,11+,12-,14?,15?,16-,17-/m1/s1. The fraction of sp³-hybridized carbons (Fsp3) is 0.778. The number of ether oxygens (including phenoxy) is 2. The van der Waals surface area contributed by atoms with Gasteiger partial charge in [-0.1, -0.05) is 6.92 Å². The van der Waals surface area contributed by atoms with E-state index in [0.29, 0.717) is 25.6 Å². The number of methoxy groups -OCH3 is 1. The van der Waals surface area contributed by atoms with Crippen molar-refractivity contribution in [3.63, 3.8) is 0 Å². The number of nitrogens with zero attached hydrogens (tertiary/aromatic N) is 1. The Hall–Kier alpha value is -0.870. The number of aromatic amines is 1. The van der Waals surface area contributed by atoms with Gasteiger partial charge in [-0.3, -0.25) is 14.3 Å². The maximum atomic E-state index is 12.2. The van der Waals surface area contributed by atoms with Gasteiger partial charge in [0.25, 0.3) is 5.56 Å². The van der Waals surface area contributed by atoms with Crippen LogP contribution in [0, 0.1) is 11.8 Å². The maximum Gasteiger partial charge on any atom is 0.330 e. The lowest BCUT2D eigenvalue weighted by molar-refractivity contribution is -0.0557. The second-order valence-electron chi connectivity index (χ2n) is 7.40. The second-order valence-corrected chi connectivity index (χ2v) is 11.1. The average Bonchev–Trinajstić information content (AvgIpc) is 3.19. The highest BCUT2D eigenvalue weighted by Crippen LogP contribution is 2.69. The molecule has 1 aliphatic heterocycles. The van der Waals surface area contributed by atoms with E-state index < -0.39 is 42.3 Å². The van der Waals surface area contributed by atoms with E-state index >= 15 is 0 Å². The van der Waals surface area contributed by atoms with Gasteiger partial charge >= 0.3 is 5.69 Å². The van der Waals surface area contributed by atoms with Gasteiger partial charge in [0.15, 0.2) is 12.7 Å². The number of rotatable bonds is 9. The van der Waals surface area contributed by atoms with E-state index in [1.165, 1.54) is 23.9 Å². The molecule has 2 N–H and O–H groups in total. The highest BCUT2D eigenvalue weighted by molar-refractivity contribution is 8.10. The molecule has 0 amide bonds. The molecule has 0 aromatic carbocycles. The number of hydrogen-bond donors (Lipinski definition) is 2. The minimum absolute atomic E-state index is 0.115. The summed E-state index contributed by atoms with van der Waals surface area (Å²) in [4.78, 5) is 25.7. The quantitative estimate of drug-likeness (QED) is 0.543. The molecule has 29 heavy (non-hydrogen) atoms. The normalized spacial score (nSPS) is 34.4. The van der Waals surface area contributed by atoms with Crippen LogP contribution in [0.4, 0.5) is 0 Å². The number of aliphatic hydroxyl groups is 1. The van der Waals surface area contributed by atoms with Gasteiger partial charge in [-0.15, -0.1) is 0 Å². The molecule has 0 bridgehead atoms. The van der Waals surface area contributed by atoms with Gasteiger partial charge in [0, 0.05) is 25.0 Å². The van der Waals surface area contributed by atoms with Crippen molar-refractivity contribution >= 4 is 18.3 Å². The first-order chi connectivity index (χ1) is 13.8. The van der Waals surface area contributed by atoms with Crippen LogP contribution in [0.1, 0.15) is 33.4 Å². The first-order valence-electron chi connectivity index (χ1n) is 9.84. The van der Waals surface area contributed by atoms with Gasteiger partial charge in [-0.05, 0) is 43.9 Å². The molecule has 164 valence electrons. The summed E-state index contributed by atoms with van der Waals surface area (Å²) >= 11 is 5.75. The predicted molar refractivity (Wildman–Crippen MR) is 111 cm³/mol. The van der Waals surface area contributed by atoms with Gasteiger partial charge in [0.1, 0.15) is 12.2 Å². The van der Waals surface area contributed by atoms with Gasteiger partial charge in [-0.2, -0.15) is 0 Å². The minimum Gasteiger partial charge on any atom is -0.388 e. The average molecular weight is 448 g/mol. The first kappa shape index (κ1) is 22.8. The van der Waals surface area contributed by atoms with Crippen molar-refractivity contribution in [1.82, 2.24) is 9.55 Å². The zero-order chi connectivity index (χ0) is 21.3. The maximum absolute atomic E-state index is 12.2. The summed E-state index contributed by atoms with van der Waals surface area (Å²) in [5.74, 6) is 0.493. The molecule has 1 aromatic heterocycles. The summed E-state index contributed by atoms with van der Waals surface area (Å²) in [5, 5.41) is 10.8. The summed E-state index contributed by atoms with van der Waals surface area (Å²) in [6.45, 7) is 4.50. The van der Waals surface area contributed by atoms with Crippen molar-refractivity contribution in [3.8, 4) is 0 Å². The van der Waals surface area contributed by atoms with E-state index in [4.69, 9.17) is 30.3 Å². The molecule has 7 atom stereocenters. The zero-order valence-corrected chi connectivity index (χ0v) is 18.7. The Bertz CT molecular complexity index is 864. The van der Waals surface area contributed by atoms with E-state index in [1.807, 2.05) is 13.8 Å². The number of aliphatic hydroxyl groups excluding tert-OH is 1. The highest BCUT2D eigenvalue weighted by Gasteiger charge is 2.58. The molecule has 2 aliphatic rings. The smallest absolute Gasteiger partial charge is 0.330 e. The van der Waals surface area contributed by atoms with E-state index in [1.54, 1.807) is 0 Å². The molecule has 2 heterocycles. The van der Waals surface area contributed by atoms with E-state index in [-0.39, 0.29) is 11.6 Å². The molecule has 1 saturated carbocycles. The minimum atomic E-state index is -2.41. The Kier molecular flexibility index (Phi) is 7.15. The van der Waals surface area contributed by atoms with Crippen molar-refractivity contribution in [3.05, 3.63) is 33.1 Å². The molecule has 9 nitrogen and oxygen atoms in total. The largest absolute Gasteiger partial charge is 0.388 e. The topological polar surface area (TPSA) is 112 Å². The van der Waals surface area contributed by atoms with Crippen LogP contribution in [0.5, 0.6) is 0 Å². The third kappa shape index (κ3) is 4.44. The van der Waals surface area contributed by atoms with Crippen molar-refractivity contribution in [2.45, 2.75) is 57.4 Å². The Morgan fingerprint density at radius 2 is 1.97 bits per heavy atom. The molecule has 2 fully saturated rings. The van der Waals surface area contributed by atoms with Gasteiger partial charge in [0.05, 0.1) is 19.3 Å². The summed E-state index contributed by atoms with van der Waals surface area (Å²) in [6, 6.07) is 1.23. The second kappa shape index (κ2) is 9.09. The van der Waals surface area contributed by atoms with Crippen LogP contribution in [0.15, 0.2) is 21.9 Å². The molecule has 0 radical (unpaired) electrons. The molecule has 3 rings (SSSR count). The summed E-state index contributed by atoms with van der Waals surface area (Å²) in [7, 11) is 1.45. The molecule has 0 spiro atoms. The van der Waals surface area contributed by atoms with Gasteiger partial charge in [-0.25, -0.2) is 4.79 Å².